The van der Waals surface area contributed by atoms with E-state index >= 15 is 0 Å². The summed E-state index contributed by atoms with van der Waals surface area (Å²) in [4.78, 5) is 16.1. The van der Waals surface area contributed by atoms with Crippen molar-refractivity contribution in [3.05, 3.63) is 48.4 Å². The van der Waals surface area contributed by atoms with Crippen LogP contribution in [0.1, 0.15) is 19.3 Å². The summed E-state index contributed by atoms with van der Waals surface area (Å²) in [6.07, 6.45) is 4.44. The molecule has 0 saturated heterocycles. The molecule has 1 aromatic carbocycles. The summed E-state index contributed by atoms with van der Waals surface area (Å²) < 4.78 is 20.0. The summed E-state index contributed by atoms with van der Waals surface area (Å²) in [6, 6.07) is 9.10. The third-order valence-electron chi connectivity index (χ3n) is 3.77. The quantitative estimate of drug-likeness (QED) is 0.780. The zero-order chi connectivity index (χ0) is 16.5. The van der Waals surface area contributed by atoms with E-state index in [1.165, 1.54) is 28.8 Å². The predicted molar refractivity (Wildman–Crippen MR) is 85.4 cm³/mol. The molecular weight excluding hydrogens is 311 g/mol. The minimum atomic E-state index is -0.327. The number of benzene rings is 1. The lowest BCUT2D eigenvalue weighted by atomic mass is 10.3. The van der Waals surface area contributed by atoms with Crippen LogP contribution in [0.2, 0.25) is 0 Å². The Hall–Kier alpha value is -2.96. The Kier molecular flexibility index (Phi) is 3.60. The minimum Gasteiger partial charge on any atom is -0.438 e. The van der Waals surface area contributed by atoms with E-state index < -0.39 is 0 Å². The molecule has 1 aliphatic carbocycles. The van der Waals surface area contributed by atoms with Gasteiger partial charge in [0.25, 0.3) is 0 Å². The van der Waals surface area contributed by atoms with Crippen LogP contribution in [0.5, 0.6) is 11.6 Å². The van der Waals surface area contributed by atoms with Gasteiger partial charge in [-0.25, -0.2) is 13.9 Å². The summed E-state index contributed by atoms with van der Waals surface area (Å²) >= 11 is 0. The summed E-state index contributed by atoms with van der Waals surface area (Å²) in [5.74, 6) is 1.47. The fourth-order valence-electron chi connectivity index (χ4n) is 2.38. The van der Waals surface area contributed by atoms with Crippen LogP contribution in [0.3, 0.4) is 0 Å². The van der Waals surface area contributed by atoms with Crippen molar-refractivity contribution in [3.63, 3.8) is 0 Å². The first-order valence-corrected chi connectivity index (χ1v) is 7.75. The monoisotopic (exact) mass is 326 g/mol. The van der Waals surface area contributed by atoms with Gasteiger partial charge in [-0.05, 0) is 49.1 Å². The van der Waals surface area contributed by atoms with Gasteiger partial charge in [-0.15, -0.1) is 5.10 Å². The number of nitrogens with zero attached hydrogens (tertiary/aromatic N) is 3. The summed E-state index contributed by atoms with van der Waals surface area (Å²) in [7, 11) is 0. The van der Waals surface area contributed by atoms with Crippen LogP contribution in [-0.4, -0.2) is 20.5 Å². The smallest absolute Gasteiger partial charge is 0.237 e. The molecule has 0 atom stereocenters. The number of fused-ring (bicyclic) bond motifs is 1. The average molecular weight is 326 g/mol. The van der Waals surface area contributed by atoms with Gasteiger partial charge in [0.1, 0.15) is 11.6 Å². The van der Waals surface area contributed by atoms with Crippen molar-refractivity contribution in [2.24, 2.45) is 5.92 Å². The molecule has 0 spiro atoms. The van der Waals surface area contributed by atoms with Crippen LogP contribution in [0.4, 0.5) is 10.2 Å². The minimum absolute atomic E-state index is 0.0244. The number of hydrogen-bond donors (Lipinski definition) is 1. The Morgan fingerprint density at radius 1 is 1.25 bits per heavy atom. The van der Waals surface area contributed by atoms with Gasteiger partial charge in [-0.3, -0.25) is 4.79 Å². The second kappa shape index (κ2) is 5.92. The van der Waals surface area contributed by atoms with E-state index in [4.69, 9.17) is 4.74 Å². The average Bonchev–Trinajstić information content (AvgIpc) is 3.27. The number of rotatable bonds is 5. The second-order valence-corrected chi connectivity index (χ2v) is 5.85. The first-order chi connectivity index (χ1) is 11.7. The number of halogens is 1. The van der Waals surface area contributed by atoms with Gasteiger partial charge in [0.15, 0.2) is 11.5 Å². The molecule has 4 rings (SSSR count). The van der Waals surface area contributed by atoms with Crippen molar-refractivity contribution < 1.29 is 13.9 Å². The Labute approximate surface area is 137 Å². The van der Waals surface area contributed by atoms with Gasteiger partial charge in [0.2, 0.25) is 11.8 Å². The van der Waals surface area contributed by atoms with Crippen LogP contribution < -0.4 is 10.1 Å². The van der Waals surface area contributed by atoms with E-state index in [1.54, 1.807) is 18.3 Å². The number of imidazole rings is 1. The van der Waals surface area contributed by atoms with Gasteiger partial charge < -0.3 is 10.1 Å². The molecule has 1 fully saturated rings. The Balaban J connectivity index is 1.49. The lowest BCUT2D eigenvalue weighted by Crippen LogP contribution is -2.12. The maximum absolute atomic E-state index is 12.9. The number of anilines is 1. The van der Waals surface area contributed by atoms with Crippen LogP contribution in [0.25, 0.3) is 5.65 Å². The number of ether oxygens (including phenoxy) is 1. The van der Waals surface area contributed by atoms with Crippen molar-refractivity contribution in [2.75, 3.05) is 5.32 Å². The van der Waals surface area contributed by atoms with E-state index in [2.05, 4.69) is 15.4 Å². The molecule has 0 aliphatic heterocycles. The van der Waals surface area contributed by atoms with Crippen molar-refractivity contribution in [3.8, 4) is 11.6 Å². The highest BCUT2D eigenvalue weighted by molar-refractivity contribution is 5.90. The Bertz CT molecular complexity index is 887. The molecular formula is C17H15FN4O2. The molecule has 24 heavy (non-hydrogen) atoms. The number of aromatic nitrogens is 3. The maximum atomic E-state index is 12.9. The van der Waals surface area contributed by atoms with E-state index in [9.17, 15) is 9.18 Å². The Morgan fingerprint density at radius 2 is 2.04 bits per heavy atom. The third-order valence-corrected chi connectivity index (χ3v) is 3.77. The summed E-state index contributed by atoms with van der Waals surface area (Å²) in [5.41, 5.74) is 0.600. The zero-order valence-electron chi connectivity index (χ0n) is 12.8. The number of nitrogens with one attached hydrogen (secondary N) is 1. The van der Waals surface area contributed by atoms with Gasteiger partial charge >= 0.3 is 0 Å². The molecule has 2 aromatic heterocycles. The van der Waals surface area contributed by atoms with Crippen molar-refractivity contribution >= 4 is 17.4 Å². The van der Waals surface area contributed by atoms with Crippen molar-refractivity contribution in [1.82, 2.24) is 14.6 Å². The highest BCUT2D eigenvalue weighted by atomic mass is 19.1. The first-order valence-electron chi connectivity index (χ1n) is 7.75. The molecule has 0 bridgehead atoms. The van der Waals surface area contributed by atoms with Gasteiger partial charge in [0.05, 0.1) is 6.20 Å². The number of carbonyl (C=O) groups is 1. The maximum Gasteiger partial charge on any atom is 0.237 e. The molecule has 1 N–H and O–H groups in total. The van der Waals surface area contributed by atoms with Crippen LogP contribution in [0.15, 0.2) is 42.6 Å². The standard InChI is InChI=1S/C17H15FN4O2/c18-12-3-5-13(6-4-12)24-17-8-7-15-19-14(10-22(15)21-17)20-16(23)9-11-1-2-11/h3-8,10-11H,1-2,9H2,(H,20,23). The van der Waals surface area contributed by atoms with Gasteiger partial charge in [-0.1, -0.05) is 0 Å². The highest BCUT2D eigenvalue weighted by Crippen LogP contribution is 2.32. The summed E-state index contributed by atoms with van der Waals surface area (Å²) in [5, 5.41) is 7.07. The SMILES string of the molecule is O=C(CC1CC1)Nc1cn2nc(Oc3ccc(F)cc3)ccc2n1. The van der Waals surface area contributed by atoms with Crippen LogP contribution >= 0.6 is 0 Å². The molecule has 1 aliphatic rings. The molecule has 0 unspecified atom stereocenters. The molecule has 0 radical (unpaired) electrons. The first kappa shape index (κ1) is 14.6. The van der Waals surface area contributed by atoms with Crippen molar-refractivity contribution in [1.29, 1.82) is 0 Å². The molecule has 1 saturated carbocycles. The number of amides is 1. The lowest BCUT2D eigenvalue weighted by molar-refractivity contribution is -0.116. The van der Waals surface area contributed by atoms with Crippen molar-refractivity contribution in [2.45, 2.75) is 19.3 Å². The largest absolute Gasteiger partial charge is 0.438 e. The second-order valence-electron chi connectivity index (χ2n) is 5.85. The Morgan fingerprint density at radius 3 is 2.79 bits per heavy atom. The molecule has 1 amide bonds. The van der Waals surface area contributed by atoms with Gasteiger partial charge in [0, 0.05) is 12.5 Å². The molecule has 122 valence electrons. The van der Waals surface area contributed by atoms with Crippen LogP contribution in [-0.2, 0) is 4.79 Å². The molecule has 6 nitrogen and oxygen atoms in total. The van der Waals surface area contributed by atoms with E-state index in [0.29, 0.717) is 35.4 Å². The normalized spacial score (nSPS) is 13.9. The van der Waals surface area contributed by atoms with Gasteiger partial charge in [-0.2, -0.15) is 0 Å². The fraction of sp³-hybridized carbons (Fsp3) is 0.235. The molecule has 3 aromatic rings. The topological polar surface area (TPSA) is 68.5 Å². The predicted octanol–water partition coefficient (Wildman–Crippen LogP) is 3.40. The number of hydrogen-bond acceptors (Lipinski definition) is 4. The highest BCUT2D eigenvalue weighted by Gasteiger charge is 2.24. The molecule has 2 heterocycles. The van der Waals surface area contributed by atoms with E-state index in [1.807, 2.05) is 0 Å². The van der Waals surface area contributed by atoms with Crippen LogP contribution in [0, 0.1) is 11.7 Å². The lowest BCUT2D eigenvalue weighted by Gasteiger charge is -2.04. The number of carbonyl (C=O) groups excluding carboxylic acids is 1. The fourth-order valence-corrected chi connectivity index (χ4v) is 2.38. The third kappa shape index (κ3) is 3.34. The summed E-state index contributed by atoms with van der Waals surface area (Å²) in [6.45, 7) is 0. The van der Waals surface area contributed by atoms with E-state index in [0.717, 1.165) is 12.8 Å². The van der Waals surface area contributed by atoms with E-state index in [-0.39, 0.29) is 11.7 Å². The molecule has 7 heteroatoms. The zero-order valence-corrected chi connectivity index (χ0v) is 12.8.